The van der Waals surface area contributed by atoms with Crippen molar-refractivity contribution in [2.75, 3.05) is 21.3 Å². The van der Waals surface area contributed by atoms with E-state index in [9.17, 15) is 4.79 Å². The van der Waals surface area contributed by atoms with Crippen LogP contribution in [-0.2, 0) is 18.4 Å². The molecular weight excluding hydrogens is 284 g/mol. The third kappa shape index (κ3) is 3.39. The molecule has 1 saturated heterocycles. The number of halogens is 1. The van der Waals surface area contributed by atoms with Crippen LogP contribution in [0.25, 0.3) is 0 Å². The Hall–Kier alpha value is 0.0569. The van der Waals surface area contributed by atoms with Gasteiger partial charge >= 0.3 is 8.56 Å². The van der Waals surface area contributed by atoms with Crippen molar-refractivity contribution in [3.8, 4) is 0 Å². The predicted octanol–water partition coefficient (Wildman–Crippen LogP) is 2.81. The van der Waals surface area contributed by atoms with Gasteiger partial charge in [0, 0.05) is 21.3 Å². The van der Waals surface area contributed by atoms with Gasteiger partial charge in [-0.2, -0.15) is 0 Å². The Balaban J connectivity index is 2.88. The highest BCUT2D eigenvalue weighted by Crippen LogP contribution is 2.43. The van der Waals surface area contributed by atoms with E-state index in [1.165, 1.54) is 6.92 Å². The molecule has 19 heavy (non-hydrogen) atoms. The highest BCUT2D eigenvalue weighted by molar-refractivity contribution is 6.70. The molecule has 0 saturated carbocycles. The fourth-order valence-electron chi connectivity index (χ4n) is 3.08. The van der Waals surface area contributed by atoms with Crippen LogP contribution in [0.3, 0.4) is 0 Å². The number of rotatable bonds is 7. The third-order valence-electron chi connectivity index (χ3n) is 4.32. The molecule has 112 valence electrons. The normalized spacial score (nSPS) is 28.1. The van der Waals surface area contributed by atoms with E-state index >= 15 is 0 Å². The average molecular weight is 309 g/mol. The van der Waals surface area contributed by atoms with Crippen LogP contribution in [0.2, 0.25) is 6.04 Å². The molecule has 0 aromatic carbocycles. The van der Waals surface area contributed by atoms with Gasteiger partial charge in [0.25, 0.3) is 0 Å². The van der Waals surface area contributed by atoms with Crippen molar-refractivity contribution in [2.45, 2.75) is 55.7 Å². The molecule has 0 aromatic rings. The molecule has 6 heteroatoms. The van der Waals surface area contributed by atoms with Gasteiger partial charge in [-0.05, 0) is 32.2 Å². The van der Waals surface area contributed by atoms with Crippen molar-refractivity contribution in [1.29, 1.82) is 0 Å². The molecule has 0 bridgehead atoms. The summed E-state index contributed by atoms with van der Waals surface area (Å²) in [5, 5.41) is -0.841. The lowest BCUT2D eigenvalue weighted by molar-refractivity contribution is -0.117. The second kappa shape index (κ2) is 7.18. The fraction of sp³-hybridized carbons (Fsp3) is 0.923. The standard InChI is InChI=1S/C13H25ClO4Si/c1-11(15)12(14)7-9-13(16-2)8-5-6-10-19(13,17-3)18-4/h12H,5-10H2,1-4H3. The summed E-state index contributed by atoms with van der Waals surface area (Å²) in [6, 6.07) is 0.931. The summed E-state index contributed by atoms with van der Waals surface area (Å²) in [4.78, 5) is 11.3. The van der Waals surface area contributed by atoms with Crippen LogP contribution >= 0.6 is 11.6 Å². The molecule has 2 atom stereocenters. The topological polar surface area (TPSA) is 44.8 Å². The molecule has 4 nitrogen and oxygen atoms in total. The molecular formula is C13H25ClO4Si. The van der Waals surface area contributed by atoms with Gasteiger partial charge in [0.15, 0.2) is 0 Å². The maximum atomic E-state index is 11.3. The first-order chi connectivity index (χ1) is 8.97. The molecule has 0 radical (unpaired) electrons. The minimum absolute atomic E-state index is 0.00540. The van der Waals surface area contributed by atoms with Crippen molar-refractivity contribution in [2.24, 2.45) is 0 Å². The Kier molecular flexibility index (Phi) is 6.46. The van der Waals surface area contributed by atoms with E-state index < -0.39 is 19.2 Å². The molecule has 1 rings (SSSR count). The molecule has 0 aliphatic carbocycles. The van der Waals surface area contributed by atoms with Gasteiger partial charge in [-0.3, -0.25) is 4.79 Å². The van der Waals surface area contributed by atoms with Crippen LogP contribution in [0.15, 0.2) is 0 Å². The average Bonchev–Trinajstić information content (AvgIpc) is 2.44. The van der Waals surface area contributed by atoms with Crippen LogP contribution in [0, 0.1) is 0 Å². The number of ether oxygens (including phenoxy) is 1. The molecule has 0 aromatic heterocycles. The Morgan fingerprint density at radius 2 is 1.95 bits per heavy atom. The summed E-state index contributed by atoms with van der Waals surface area (Å²) in [6.07, 6.45) is 4.44. The van der Waals surface area contributed by atoms with E-state index in [4.69, 9.17) is 25.2 Å². The SMILES string of the molecule is COC1(CCC(Cl)C(C)=O)CCCC[Si]1(OC)OC. The van der Waals surface area contributed by atoms with Gasteiger partial charge in [-0.1, -0.05) is 12.8 Å². The molecule has 2 unspecified atom stereocenters. The zero-order valence-electron chi connectivity index (χ0n) is 12.3. The molecule has 0 spiro atoms. The van der Waals surface area contributed by atoms with Crippen LogP contribution in [0.5, 0.6) is 0 Å². The van der Waals surface area contributed by atoms with E-state index in [1.807, 2.05) is 0 Å². The van der Waals surface area contributed by atoms with Crippen molar-refractivity contribution in [1.82, 2.24) is 0 Å². The summed E-state index contributed by atoms with van der Waals surface area (Å²) in [5.41, 5.74) is 0. The van der Waals surface area contributed by atoms with Crippen LogP contribution in [0.4, 0.5) is 0 Å². The Morgan fingerprint density at radius 3 is 2.42 bits per heavy atom. The predicted molar refractivity (Wildman–Crippen MR) is 77.7 cm³/mol. The molecule has 1 aliphatic heterocycles. The number of hydrogen-bond donors (Lipinski definition) is 0. The minimum atomic E-state index is -2.40. The highest BCUT2D eigenvalue weighted by atomic mass is 35.5. The van der Waals surface area contributed by atoms with Crippen molar-refractivity contribution >= 4 is 25.9 Å². The minimum Gasteiger partial charge on any atom is -0.396 e. The monoisotopic (exact) mass is 308 g/mol. The Morgan fingerprint density at radius 1 is 1.32 bits per heavy atom. The molecule has 0 amide bonds. The zero-order valence-corrected chi connectivity index (χ0v) is 14.1. The van der Waals surface area contributed by atoms with E-state index in [2.05, 4.69) is 0 Å². The number of carbonyl (C=O) groups is 1. The van der Waals surface area contributed by atoms with Gasteiger partial charge in [0.05, 0.1) is 5.38 Å². The third-order valence-corrected chi connectivity index (χ3v) is 9.27. The van der Waals surface area contributed by atoms with E-state index in [-0.39, 0.29) is 5.78 Å². The van der Waals surface area contributed by atoms with Gasteiger partial charge in [-0.25, -0.2) is 0 Å². The maximum absolute atomic E-state index is 11.3. The number of methoxy groups -OCH3 is 1. The second-order valence-electron chi connectivity index (χ2n) is 5.18. The number of ketones is 1. The van der Waals surface area contributed by atoms with E-state index in [0.29, 0.717) is 12.8 Å². The lowest BCUT2D eigenvalue weighted by Crippen LogP contribution is -2.64. The van der Waals surface area contributed by atoms with Crippen LogP contribution in [-0.4, -0.2) is 46.3 Å². The lowest BCUT2D eigenvalue weighted by Gasteiger charge is -2.48. The fourth-order valence-corrected chi connectivity index (χ4v) is 7.08. The Bertz CT molecular complexity index is 309. The number of hydrogen-bond acceptors (Lipinski definition) is 4. The first kappa shape index (κ1) is 17.1. The maximum Gasteiger partial charge on any atom is 0.370 e. The smallest absolute Gasteiger partial charge is 0.370 e. The Labute approximate surface area is 122 Å². The quantitative estimate of drug-likeness (QED) is 0.536. The van der Waals surface area contributed by atoms with Crippen molar-refractivity contribution < 1.29 is 18.4 Å². The van der Waals surface area contributed by atoms with Gasteiger partial charge in [0.2, 0.25) is 0 Å². The zero-order chi connectivity index (χ0) is 14.5. The molecule has 1 heterocycles. The summed E-state index contributed by atoms with van der Waals surface area (Å²) < 4.78 is 17.4. The lowest BCUT2D eigenvalue weighted by atomic mass is 10.0. The first-order valence-corrected chi connectivity index (χ1v) is 9.23. The summed E-state index contributed by atoms with van der Waals surface area (Å²) in [5.74, 6) is 0.00540. The van der Waals surface area contributed by atoms with Gasteiger partial charge < -0.3 is 13.6 Å². The highest BCUT2D eigenvalue weighted by Gasteiger charge is 2.58. The van der Waals surface area contributed by atoms with Crippen molar-refractivity contribution in [3.63, 3.8) is 0 Å². The molecule has 0 N–H and O–H groups in total. The van der Waals surface area contributed by atoms with Gasteiger partial charge in [-0.15, -0.1) is 11.6 Å². The molecule has 1 fully saturated rings. The van der Waals surface area contributed by atoms with E-state index in [0.717, 1.165) is 25.3 Å². The second-order valence-corrected chi connectivity index (χ2v) is 9.44. The summed E-state index contributed by atoms with van der Waals surface area (Å²) in [6.45, 7) is 1.52. The number of Topliss-reactive ketones (excluding diaryl/α,β-unsaturated/α-hetero) is 1. The number of alkyl halides is 1. The van der Waals surface area contributed by atoms with E-state index in [1.54, 1.807) is 21.3 Å². The number of carbonyl (C=O) groups excluding carboxylic acids is 1. The van der Waals surface area contributed by atoms with Gasteiger partial charge in [0.1, 0.15) is 11.0 Å². The van der Waals surface area contributed by atoms with Crippen LogP contribution in [0.1, 0.15) is 39.0 Å². The summed E-state index contributed by atoms with van der Waals surface area (Å²) in [7, 11) is 2.72. The van der Waals surface area contributed by atoms with Crippen LogP contribution < -0.4 is 0 Å². The largest absolute Gasteiger partial charge is 0.396 e. The molecule has 1 aliphatic rings. The summed E-state index contributed by atoms with van der Waals surface area (Å²) >= 11 is 6.06. The first-order valence-electron chi connectivity index (χ1n) is 6.77. The van der Waals surface area contributed by atoms with Crippen molar-refractivity contribution in [3.05, 3.63) is 0 Å².